The van der Waals surface area contributed by atoms with E-state index in [-0.39, 0.29) is 6.04 Å². The molecule has 6 heteroatoms. The van der Waals surface area contributed by atoms with E-state index in [9.17, 15) is 0 Å². The smallest absolute Gasteiger partial charge is 0.216 e. The van der Waals surface area contributed by atoms with Gasteiger partial charge in [0.1, 0.15) is 6.33 Å². The maximum absolute atomic E-state index is 5.07. The van der Waals surface area contributed by atoms with E-state index in [1.807, 2.05) is 7.05 Å². The average molecular weight is 231 g/mol. The topological polar surface area (TPSA) is 72.8 Å². The van der Waals surface area contributed by atoms with Crippen LogP contribution in [-0.4, -0.2) is 34.1 Å². The largest absolute Gasteiger partial charge is 0.481 e. The minimum absolute atomic E-state index is 0.124. The van der Waals surface area contributed by atoms with Gasteiger partial charge in [0.15, 0.2) is 0 Å². The summed E-state index contributed by atoms with van der Waals surface area (Å²) in [5.41, 5.74) is 1.59. The van der Waals surface area contributed by atoms with Crippen molar-refractivity contribution in [2.45, 2.75) is 6.04 Å². The second-order valence-electron chi connectivity index (χ2n) is 3.34. The van der Waals surface area contributed by atoms with Gasteiger partial charge in [-0.1, -0.05) is 0 Å². The van der Waals surface area contributed by atoms with Crippen LogP contribution in [0.4, 0.5) is 0 Å². The first kappa shape index (κ1) is 11.4. The number of ether oxygens (including phenoxy) is 1. The molecule has 0 spiro atoms. The quantitative estimate of drug-likeness (QED) is 0.830. The van der Waals surface area contributed by atoms with Crippen molar-refractivity contribution in [2.75, 3.05) is 14.2 Å². The van der Waals surface area contributed by atoms with Crippen molar-refractivity contribution in [1.29, 1.82) is 0 Å². The van der Waals surface area contributed by atoms with Gasteiger partial charge in [0.05, 0.1) is 30.7 Å². The molecule has 0 fully saturated rings. The number of nitrogens with one attached hydrogen (secondary N) is 1. The lowest BCUT2D eigenvalue weighted by Crippen LogP contribution is -2.20. The Hall–Kier alpha value is -2.08. The number of hydrogen-bond donors (Lipinski definition) is 1. The normalized spacial score (nSPS) is 12.1. The fourth-order valence-corrected chi connectivity index (χ4v) is 1.53. The summed E-state index contributed by atoms with van der Waals surface area (Å²) in [5, 5.41) is 3.14. The molecular weight excluding hydrogens is 218 g/mol. The number of nitrogens with zero attached hydrogens (tertiary/aromatic N) is 4. The molecule has 1 atom stereocenters. The van der Waals surface area contributed by atoms with Crippen LogP contribution in [-0.2, 0) is 0 Å². The molecule has 0 aliphatic heterocycles. The molecule has 0 aliphatic carbocycles. The van der Waals surface area contributed by atoms with Crippen molar-refractivity contribution < 1.29 is 4.74 Å². The highest BCUT2D eigenvalue weighted by atomic mass is 16.5. The Bertz CT molecular complexity index is 476. The third-order valence-electron chi connectivity index (χ3n) is 2.34. The predicted molar refractivity (Wildman–Crippen MR) is 61.5 cm³/mol. The molecule has 1 N–H and O–H groups in total. The van der Waals surface area contributed by atoms with Crippen LogP contribution in [0.5, 0.6) is 5.88 Å². The van der Waals surface area contributed by atoms with E-state index in [2.05, 4.69) is 25.3 Å². The Morgan fingerprint density at radius 2 is 2.06 bits per heavy atom. The molecule has 0 saturated heterocycles. The van der Waals surface area contributed by atoms with Crippen LogP contribution in [0, 0.1) is 0 Å². The van der Waals surface area contributed by atoms with Crippen LogP contribution >= 0.6 is 0 Å². The fourth-order valence-electron chi connectivity index (χ4n) is 1.53. The Morgan fingerprint density at radius 1 is 1.18 bits per heavy atom. The third-order valence-corrected chi connectivity index (χ3v) is 2.34. The van der Waals surface area contributed by atoms with Crippen molar-refractivity contribution in [3.05, 3.63) is 42.4 Å². The lowest BCUT2D eigenvalue weighted by molar-refractivity contribution is 0.395. The Balaban J connectivity index is 2.35. The van der Waals surface area contributed by atoms with Gasteiger partial charge < -0.3 is 10.1 Å². The van der Waals surface area contributed by atoms with Gasteiger partial charge in [0.2, 0.25) is 5.88 Å². The fraction of sp³-hybridized carbons (Fsp3) is 0.273. The second-order valence-corrected chi connectivity index (χ2v) is 3.34. The van der Waals surface area contributed by atoms with Crippen molar-refractivity contribution in [3.63, 3.8) is 0 Å². The van der Waals surface area contributed by atoms with Crippen LogP contribution in [0.3, 0.4) is 0 Å². The summed E-state index contributed by atoms with van der Waals surface area (Å²) in [7, 11) is 3.41. The predicted octanol–water partition coefficient (Wildman–Crippen LogP) is 0.584. The van der Waals surface area contributed by atoms with Crippen LogP contribution < -0.4 is 10.1 Å². The number of hydrogen-bond acceptors (Lipinski definition) is 6. The minimum atomic E-state index is -0.124. The second kappa shape index (κ2) is 5.31. The maximum Gasteiger partial charge on any atom is 0.216 e. The Labute approximate surface area is 99.1 Å². The molecule has 17 heavy (non-hydrogen) atoms. The SMILES string of the molecule is CNC(c1cnccn1)c1cc(OC)ncn1. The summed E-state index contributed by atoms with van der Waals surface area (Å²) >= 11 is 0. The van der Waals surface area contributed by atoms with E-state index in [0.29, 0.717) is 5.88 Å². The first-order chi connectivity index (χ1) is 8.35. The minimum Gasteiger partial charge on any atom is -0.481 e. The third kappa shape index (κ3) is 2.54. The molecule has 0 radical (unpaired) electrons. The van der Waals surface area contributed by atoms with E-state index < -0.39 is 0 Å². The van der Waals surface area contributed by atoms with Gasteiger partial charge in [-0.3, -0.25) is 9.97 Å². The molecule has 88 valence electrons. The molecule has 0 aromatic carbocycles. The molecular formula is C11H13N5O. The van der Waals surface area contributed by atoms with Gasteiger partial charge in [-0.15, -0.1) is 0 Å². The highest BCUT2D eigenvalue weighted by Crippen LogP contribution is 2.19. The molecule has 0 bridgehead atoms. The van der Waals surface area contributed by atoms with Crippen molar-refractivity contribution >= 4 is 0 Å². The highest BCUT2D eigenvalue weighted by Gasteiger charge is 2.15. The first-order valence-electron chi connectivity index (χ1n) is 5.14. The molecule has 0 saturated carbocycles. The van der Waals surface area contributed by atoms with Crippen molar-refractivity contribution in [3.8, 4) is 5.88 Å². The lowest BCUT2D eigenvalue weighted by Gasteiger charge is -2.14. The standard InChI is InChI=1S/C11H13N5O/c1-12-11(9-6-13-3-4-14-9)8-5-10(17-2)16-7-15-8/h3-7,11-12H,1-2H3. The molecule has 1 unspecified atom stereocenters. The summed E-state index contributed by atoms with van der Waals surface area (Å²) in [6, 6.07) is 1.65. The first-order valence-corrected chi connectivity index (χ1v) is 5.14. The summed E-state index contributed by atoms with van der Waals surface area (Å²) < 4.78 is 5.07. The lowest BCUT2D eigenvalue weighted by atomic mass is 10.1. The van der Waals surface area contributed by atoms with E-state index in [4.69, 9.17) is 4.74 Å². The van der Waals surface area contributed by atoms with Gasteiger partial charge >= 0.3 is 0 Å². The van der Waals surface area contributed by atoms with Crippen LogP contribution in [0.1, 0.15) is 17.4 Å². The molecule has 2 rings (SSSR count). The molecule has 2 heterocycles. The summed E-state index contributed by atoms with van der Waals surface area (Å²) in [6.07, 6.45) is 6.46. The average Bonchev–Trinajstić information content (AvgIpc) is 2.41. The van der Waals surface area contributed by atoms with Crippen LogP contribution in [0.2, 0.25) is 0 Å². The van der Waals surface area contributed by atoms with Crippen molar-refractivity contribution in [2.24, 2.45) is 0 Å². The van der Waals surface area contributed by atoms with E-state index in [0.717, 1.165) is 11.4 Å². The van der Waals surface area contributed by atoms with Gasteiger partial charge in [-0.2, -0.15) is 0 Å². The van der Waals surface area contributed by atoms with Crippen molar-refractivity contribution in [1.82, 2.24) is 25.3 Å². The van der Waals surface area contributed by atoms with E-state index in [1.165, 1.54) is 6.33 Å². The van der Waals surface area contributed by atoms with Crippen LogP contribution in [0.15, 0.2) is 31.0 Å². The Morgan fingerprint density at radius 3 is 2.71 bits per heavy atom. The summed E-state index contributed by atoms with van der Waals surface area (Å²) in [4.78, 5) is 16.5. The summed E-state index contributed by atoms with van der Waals surface area (Å²) in [6.45, 7) is 0. The van der Waals surface area contributed by atoms with Gasteiger partial charge in [-0.25, -0.2) is 9.97 Å². The molecule has 0 amide bonds. The summed E-state index contributed by atoms with van der Waals surface area (Å²) in [5.74, 6) is 0.527. The van der Waals surface area contributed by atoms with E-state index in [1.54, 1.807) is 31.8 Å². The molecule has 6 nitrogen and oxygen atoms in total. The van der Waals surface area contributed by atoms with Crippen LogP contribution in [0.25, 0.3) is 0 Å². The maximum atomic E-state index is 5.07. The molecule has 0 aliphatic rings. The van der Waals surface area contributed by atoms with Gasteiger partial charge in [0.25, 0.3) is 0 Å². The zero-order valence-corrected chi connectivity index (χ0v) is 9.66. The zero-order valence-electron chi connectivity index (χ0n) is 9.66. The van der Waals surface area contributed by atoms with Gasteiger partial charge in [-0.05, 0) is 7.05 Å². The monoisotopic (exact) mass is 231 g/mol. The van der Waals surface area contributed by atoms with E-state index >= 15 is 0 Å². The highest BCUT2D eigenvalue weighted by molar-refractivity contribution is 5.23. The number of methoxy groups -OCH3 is 1. The number of rotatable bonds is 4. The number of aromatic nitrogens is 4. The van der Waals surface area contributed by atoms with Gasteiger partial charge in [0, 0.05) is 18.5 Å². The molecule has 2 aromatic rings. The zero-order chi connectivity index (χ0) is 12.1. The Kier molecular flexibility index (Phi) is 3.56. The molecule has 2 aromatic heterocycles.